The summed E-state index contributed by atoms with van der Waals surface area (Å²) in [5.74, 6) is 0. The first-order chi connectivity index (χ1) is 9.67. The van der Waals surface area contributed by atoms with Gasteiger partial charge in [0.05, 0.1) is 18.2 Å². The minimum absolute atomic E-state index is 0.360. The molecule has 0 spiro atoms. The SMILES string of the molecule is CCNC(C)c1ccc(N(CCC#N)C2CC2)c(Br)c1. The summed E-state index contributed by atoms with van der Waals surface area (Å²) < 4.78 is 1.13. The summed E-state index contributed by atoms with van der Waals surface area (Å²) in [4.78, 5) is 2.37. The summed E-state index contributed by atoms with van der Waals surface area (Å²) in [7, 11) is 0. The fourth-order valence-electron chi connectivity index (χ4n) is 2.51. The average molecular weight is 336 g/mol. The van der Waals surface area contributed by atoms with Gasteiger partial charge in [0, 0.05) is 23.1 Å². The number of hydrogen-bond donors (Lipinski definition) is 1. The zero-order valence-corrected chi connectivity index (χ0v) is 13.8. The van der Waals surface area contributed by atoms with Gasteiger partial charge in [0.2, 0.25) is 0 Å². The van der Waals surface area contributed by atoms with Gasteiger partial charge in [-0.2, -0.15) is 5.26 Å². The van der Waals surface area contributed by atoms with E-state index < -0.39 is 0 Å². The maximum absolute atomic E-state index is 8.81. The summed E-state index contributed by atoms with van der Waals surface area (Å²) in [6.45, 7) is 6.09. The van der Waals surface area contributed by atoms with Crippen molar-refractivity contribution >= 4 is 21.6 Å². The van der Waals surface area contributed by atoms with Crippen LogP contribution in [0.1, 0.15) is 44.7 Å². The Morgan fingerprint density at radius 3 is 2.80 bits per heavy atom. The summed E-state index contributed by atoms with van der Waals surface area (Å²) in [5.41, 5.74) is 2.51. The van der Waals surface area contributed by atoms with Crippen LogP contribution in [-0.2, 0) is 0 Å². The number of halogens is 1. The molecule has 0 amide bonds. The minimum Gasteiger partial charge on any atom is -0.367 e. The van der Waals surface area contributed by atoms with E-state index >= 15 is 0 Å². The Bertz CT molecular complexity index is 491. The molecule has 1 aliphatic carbocycles. The molecule has 1 atom stereocenters. The molecule has 20 heavy (non-hydrogen) atoms. The van der Waals surface area contributed by atoms with Gasteiger partial charge in [-0.15, -0.1) is 0 Å². The predicted molar refractivity (Wildman–Crippen MR) is 86.8 cm³/mol. The molecule has 2 rings (SSSR count). The minimum atomic E-state index is 0.360. The van der Waals surface area contributed by atoms with Crippen molar-refractivity contribution in [2.24, 2.45) is 0 Å². The lowest BCUT2D eigenvalue weighted by Gasteiger charge is -2.26. The second-order valence-electron chi connectivity index (χ2n) is 5.32. The van der Waals surface area contributed by atoms with Crippen LogP contribution in [0.15, 0.2) is 22.7 Å². The molecule has 4 heteroatoms. The molecule has 0 heterocycles. The summed E-state index contributed by atoms with van der Waals surface area (Å²) in [6.07, 6.45) is 3.07. The molecule has 1 fully saturated rings. The molecule has 0 radical (unpaired) electrons. The van der Waals surface area contributed by atoms with Crippen molar-refractivity contribution in [1.82, 2.24) is 5.32 Å². The van der Waals surface area contributed by atoms with Gasteiger partial charge < -0.3 is 10.2 Å². The summed E-state index contributed by atoms with van der Waals surface area (Å²) >= 11 is 3.70. The monoisotopic (exact) mass is 335 g/mol. The molecule has 3 nitrogen and oxygen atoms in total. The largest absolute Gasteiger partial charge is 0.367 e. The van der Waals surface area contributed by atoms with E-state index in [-0.39, 0.29) is 0 Å². The highest BCUT2D eigenvalue weighted by Gasteiger charge is 2.30. The van der Waals surface area contributed by atoms with Crippen molar-refractivity contribution in [2.45, 2.75) is 45.2 Å². The predicted octanol–water partition coefficient (Wildman–Crippen LogP) is 4.00. The van der Waals surface area contributed by atoms with Gasteiger partial charge in [0.15, 0.2) is 0 Å². The quantitative estimate of drug-likeness (QED) is 0.818. The number of nitrogens with zero attached hydrogens (tertiary/aromatic N) is 2. The van der Waals surface area contributed by atoms with Crippen LogP contribution in [0.3, 0.4) is 0 Å². The molecular weight excluding hydrogens is 314 g/mol. The van der Waals surface area contributed by atoms with E-state index in [1.807, 2.05) is 0 Å². The smallest absolute Gasteiger partial charge is 0.0640 e. The van der Waals surface area contributed by atoms with Crippen LogP contribution in [-0.4, -0.2) is 19.1 Å². The van der Waals surface area contributed by atoms with Crippen LogP contribution in [0.4, 0.5) is 5.69 Å². The van der Waals surface area contributed by atoms with Gasteiger partial charge in [-0.1, -0.05) is 13.0 Å². The summed E-state index contributed by atoms with van der Waals surface area (Å²) in [5, 5.41) is 12.2. The molecule has 1 aromatic carbocycles. The Hall–Kier alpha value is -1.05. The first-order valence-corrected chi connectivity index (χ1v) is 8.13. The first kappa shape index (κ1) is 15.3. The van der Waals surface area contributed by atoms with Crippen LogP contribution in [0, 0.1) is 11.3 Å². The lowest BCUT2D eigenvalue weighted by atomic mass is 10.1. The molecular formula is C16H22BrN3. The number of hydrogen-bond acceptors (Lipinski definition) is 3. The Kier molecular flexibility index (Phi) is 5.45. The van der Waals surface area contributed by atoms with E-state index in [1.54, 1.807) is 0 Å². The third kappa shape index (κ3) is 3.74. The van der Waals surface area contributed by atoms with Crippen LogP contribution >= 0.6 is 15.9 Å². The normalized spacial score (nSPS) is 15.7. The molecule has 1 unspecified atom stereocenters. The number of rotatable bonds is 7. The molecule has 0 aromatic heterocycles. The van der Waals surface area contributed by atoms with Gasteiger partial charge >= 0.3 is 0 Å². The van der Waals surface area contributed by atoms with Crippen LogP contribution in [0.5, 0.6) is 0 Å². The maximum Gasteiger partial charge on any atom is 0.0640 e. The zero-order valence-electron chi connectivity index (χ0n) is 12.2. The van der Waals surface area contributed by atoms with Crippen LogP contribution in [0.25, 0.3) is 0 Å². The Balaban J connectivity index is 2.17. The molecule has 0 bridgehead atoms. The molecule has 1 aromatic rings. The maximum atomic E-state index is 8.81. The van der Waals surface area contributed by atoms with Crippen LogP contribution < -0.4 is 10.2 Å². The Morgan fingerprint density at radius 1 is 1.50 bits per heavy atom. The fourth-order valence-corrected chi connectivity index (χ4v) is 3.13. The van der Waals surface area contributed by atoms with Crippen LogP contribution in [0.2, 0.25) is 0 Å². The lowest BCUT2D eigenvalue weighted by Crippen LogP contribution is -2.27. The molecule has 1 aliphatic rings. The molecule has 0 saturated heterocycles. The van der Waals surface area contributed by atoms with E-state index in [9.17, 15) is 0 Å². The van der Waals surface area contributed by atoms with Gasteiger partial charge in [0.1, 0.15) is 0 Å². The molecule has 1 saturated carbocycles. The van der Waals surface area contributed by atoms with Crippen molar-refractivity contribution in [1.29, 1.82) is 5.26 Å². The third-order valence-corrected chi connectivity index (χ3v) is 4.38. The van der Waals surface area contributed by atoms with E-state index in [0.29, 0.717) is 18.5 Å². The Morgan fingerprint density at radius 2 is 2.25 bits per heavy atom. The highest BCUT2D eigenvalue weighted by Crippen LogP contribution is 2.37. The molecule has 0 aliphatic heterocycles. The second kappa shape index (κ2) is 7.10. The standard InChI is InChI=1S/C16H22BrN3/c1-3-19-12(2)13-5-8-16(15(17)11-13)20(10-4-9-18)14-6-7-14/h5,8,11-12,14,19H,3-4,6-7,10H2,1-2H3. The number of benzene rings is 1. The average Bonchev–Trinajstić information content (AvgIpc) is 3.25. The third-order valence-electron chi connectivity index (χ3n) is 3.74. The number of anilines is 1. The van der Waals surface area contributed by atoms with Crippen molar-refractivity contribution in [3.05, 3.63) is 28.2 Å². The van der Waals surface area contributed by atoms with E-state index in [2.05, 4.69) is 64.3 Å². The first-order valence-electron chi connectivity index (χ1n) is 7.33. The molecule has 1 N–H and O–H groups in total. The highest BCUT2D eigenvalue weighted by molar-refractivity contribution is 9.10. The number of nitrogens with one attached hydrogen (secondary N) is 1. The summed E-state index contributed by atoms with van der Waals surface area (Å²) in [6, 6.07) is 9.80. The van der Waals surface area contributed by atoms with E-state index in [1.165, 1.54) is 24.1 Å². The highest BCUT2D eigenvalue weighted by atomic mass is 79.9. The lowest BCUT2D eigenvalue weighted by molar-refractivity contribution is 0.598. The fraction of sp³-hybridized carbons (Fsp3) is 0.562. The van der Waals surface area contributed by atoms with E-state index in [0.717, 1.165) is 17.6 Å². The topological polar surface area (TPSA) is 39.1 Å². The molecule has 108 valence electrons. The zero-order chi connectivity index (χ0) is 14.5. The number of nitriles is 1. The van der Waals surface area contributed by atoms with Gasteiger partial charge in [0.25, 0.3) is 0 Å². The van der Waals surface area contributed by atoms with Gasteiger partial charge in [-0.3, -0.25) is 0 Å². The van der Waals surface area contributed by atoms with E-state index in [4.69, 9.17) is 5.26 Å². The van der Waals surface area contributed by atoms with Crippen molar-refractivity contribution in [3.63, 3.8) is 0 Å². The van der Waals surface area contributed by atoms with Crippen molar-refractivity contribution in [2.75, 3.05) is 18.0 Å². The van der Waals surface area contributed by atoms with Gasteiger partial charge in [-0.05, 0) is 59.9 Å². The van der Waals surface area contributed by atoms with Crippen molar-refractivity contribution in [3.8, 4) is 6.07 Å². The second-order valence-corrected chi connectivity index (χ2v) is 6.18. The van der Waals surface area contributed by atoms with Gasteiger partial charge in [-0.25, -0.2) is 0 Å². The Labute approximate surface area is 130 Å². The van der Waals surface area contributed by atoms with Crippen molar-refractivity contribution < 1.29 is 0 Å².